The molecule has 10 atom stereocenters. The molecule has 3 saturated carbocycles. The van der Waals surface area contributed by atoms with Gasteiger partial charge in [0.05, 0.1) is 0 Å². The molecule has 3 fully saturated rings. The molecule has 4 aliphatic carbocycles. The van der Waals surface area contributed by atoms with Crippen LogP contribution < -0.4 is 0 Å². The minimum atomic E-state index is 0.293. The highest BCUT2D eigenvalue weighted by Gasteiger charge is 2.59. The Morgan fingerprint density at radius 3 is 2.45 bits per heavy atom. The van der Waals surface area contributed by atoms with E-state index < -0.39 is 0 Å². The Labute approximate surface area is 180 Å². The molecule has 29 heavy (non-hydrogen) atoms. The molecule has 1 N–H and O–H groups in total. The fourth-order valence-corrected chi connectivity index (χ4v) is 8.58. The van der Waals surface area contributed by atoms with Crippen LogP contribution in [0.3, 0.4) is 0 Å². The number of hydrogen-bond donors (Lipinski definition) is 1. The lowest BCUT2D eigenvalue weighted by Crippen LogP contribution is -2.52. The first-order valence-corrected chi connectivity index (χ1v) is 12.8. The summed E-state index contributed by atoms with van der Waals surface area (Å²) in [6.45, 7) is 12.5. The largest absolute Gasteiger partial charge is 0.396 e. The Bertz CT molecular complexity index is 634. The van der Waals surface area contributed by atoms with Crippen molar-refractivity contribution in [3.8, 4) is 0 Å². The number of aliphatic hydroxyl groups is 1. The molecule has 4 aliphatic rings. The molecule has 0 aromatic carbocycles. The maximum atomic E-state index is 9.45. The lowest BCUT2D eigenvalue weighted by atomic mass is 9.45. The zero-order chi connectivity index (χ0) is 20.8. The molecule has 4 rings (SSSR count). The van der Waals surface area contributed by atoms with Crippen LogP contribution in [0, 0.1) is 58.2 Å². The second-order valence-electron chi connectivity index (χ2n) is 12.1. The molecule has 0 heterocycles. The lowest BCUT2D eigenvalue weighted by Gasteiger charge is -2.60. The van der Waals surface area contributed by atoms with Gasteiger partial charge >= 0.3 is 0 Å². The number of rotatable bonds is 5. The van der Waals surface area contributed by atoms with E-state index in [0.29, 0.717) is 35.2 Å². The summed E-state index contributed by atoms with van der Waals surface area (Å²) in [6.07, 6.45) is 21.4. The molecular weight excluding hydrogens is 352 g/mol. The third kappa shape index (κ3) is 3.58. The fourth-order valence-electron chi connectivity index (χ4n) is 8.58. The quantitative estimate of drug-likeness (QED) is 0.483. The summed E-state index contributed by atoms with van der Waals surface area (Å²) in [7, 11) is 0. The fraction of sp³-hybridized carbons (Fsp3) is 0.857. The van der Waals surface area contributed by atoms with Crippen molar-refractivity contribution in [2.45, 2.75) is 86.0 Å². The molecule has 1 unspecified atom stereocenters. The van der Waals surface area contributed by atoms with E-state index in [-0.39, 0.29) is 0 Å². The van der Waals surface area contributed by atoms with Crippen molar-refractivity contribution in [2.75, 3.05) is 6.61 Å². The maximum Gasteiger partial charge on any atom is 0.0462 e. The summed E-state index contributed by atoms with van der Waals surface area (Å²) < 4.78 is 0. The molecule has 0 aliphatic heterocycles. The highest BCUT2D eigenvalue weighted by molar-refractivity contribution is 5.13. The average molecular weight is 399 g/mol. The van der Waals surface area contributed by atoms with E-state index >= 15 is 0 Å². The minimum absolute atomic E-state index is 0.293. The molecule has 1 heteroatoms. The van der Waals surface area contributed by atoms with Gasteiger partial charge in [0.25, 0.3) is 0 Å². The van der Waals surface area contributed by atoms with Crippen LogP contribution in [-0.2, 0) is 0 Å². The molecule has 0 saturated heterocycles. The zero-order valence-electron chi connectivity index (χ0n) is 19.7. The lowest BCUT2D eigenvalue weighted by molar-refractivity contribution is -0.0988. The summed E-state index contributed by atoms with van der Waals surface area (Å²) in [5.74, 6) is 6.21. The highest BCUT2D eigenvalue weighted by Crippen LogP contribution is 2.67. The van der Waals surface area contributed by atoms with E-state index in [1.807, 2.05) is 0 Å². The van der Waals surface area contributed by atoms with Gasteiger partial charge in [-0.3, -0.25) is 0 Å². The van der Waals surface area contributed by atoms with E-state index in [9.17, 15) is 5.11 Å². The zero-order valence-corrected chi connectivity index (χ0v) is 19.7. The Morgan fingerprint density at radius 1 is 0.931 bits per heavy atom. The third-order valence-corrected chi connectivity index (χ3v) is 10.8. The highest BCUT2D eigenvalue weighted by atomic mass is 16.3. The molecule has 0 bridgehead atoms. The first-order chi connectivity index (χ1) is 13.8. The molecule has 1 nitrogen and oxygen atoms in total. The van der Waals surface area contributed by atoms with Gasteiger partial charge in [0.1, 0.15) is 0 Å². The van der Waals surface area contributed by atoms with Gasteiger partial charge in [-0.2, -0.15) is 0 Å². The van der Waals surface area contributed by atoms with Crippen LogP contribution in [0.5, 0.6) is 0 Å². The first-order valence-electron chi connectivity index (χ1n) is 12.8. The van der Waals surface area contributed by atoms with Crippen LogP contribution in [0.15, 0.2) is 24.3 Å². The predicted molar refractivity (Wildman–Crippen MR) is 123 cm³/mol. The monoisotopic (exact) mass is 398 g/mol. The molecule has 0 aromatic rings. The van der Waals surface area contributed by atoms with Gasteiger partial charge in [-0.1, -0.05) is 58.9 Å². The molecule has 0 aromatic heterocycles. The van der Waals surface area contributed by atoms with Crippen LogP contribution >= 0.6 is 0 Å². The van der Waals surface area contributed by atoms with Gasteiger partial charge < -0.3 is 5.11 Å². The number of aliphatic hydroxyl groups excluding tert-OH is 1. The minimum Gasteiger partial charge on any atom is -0.396 e. The van der Waals surface area contributed by atoms with Crippen LogP contribution in [0.4, 0.5) is 0 Å². The van der Waals surface area contributed by atoms with E-state index in [4.69, 9.17) is 0 Å². The van der Waals surface area contributed by atoms with Gasteiger partial charge in [0.15, 0.2) is 0 Å². The second kappa shape index (κ2) is 8.18. The van der Waals surface area contributed by atoms with Crippen LogP contribution in [-0.4, -0.2) is 11.7 Å². The summed E-state index contributed by atoms with van der Waals surface area (Å²) in [5.41, 5.74) is 1.13. The normalized spacial score (nSPS) is 47.3. The number of allylic oxidation sites excluding steroid dienone is 4. The van der Waals surface area contributed by atoms with Crippen molar-refractivity contribution in [2.24, 2.45) is 58.2 Å². The van der Waals surface area contributed by atoms with Crippen molar-refractivity contribution in [3.05, 3.63) is 24.3 Å². The van der Waals surface area contributed by atoms with Crippen molar-refractivity contribution in [1.82, 2.24) is 0 Å². The molecule has 0 radical (unpaired) electrons. The summed E-state index contributed by atoms with van der Waals surface area (Å²) in [5, 5.41) is 9.45. The number of hydrogen-bond acceptors (Lipinski definition) is 1. The van der Waals surface area contributed by atoms with Crippen molar-refractivity contribution in [3.63, 3.8) is 0 Å². The first kappa shape index (κ1) is 21.7. The Balaban J connectivity index is 1.49. The van der Waals surface area contributed by atoms with Crippen molar-refractivity contribution < 1.29 is 5.11 Å². The standard InChI is InChI=1S/C28H46O/c1-19(21(3)18-29)9-10-20(2)24-13-14-25-23-12-11-22-8-6-7-16-27(22,4)26(23)15-17-28(24,25)5/h6-7,9-10,19-26,29H,8,11-18H2,1-5H3/b10-9+/t19-,20-,21?,22-,23+,24-,25+,26+,27+,28-/m1/s1. The van der Waals surface area contributed by atoms with E-state index in [0.717, 1.165) is 29.6 Å². The Hall–Kier alpha value is -0.560. The maximum absolute atomic E-state index is 9.45. The molecule has 0 spiro atoms. The summed E-state index contributed by atoms with van der Waals surface area (Å²) in [4.78, 5) is 0. The van der Waals surface area contributed by atoms with Gasteiger partial charge in [-0.25, -0.2) is 0 Å². The van der Waals surface area contributed by atoms with Crippen molar-refractivity contribution in [1.29, 1.82) is 0 Å². The average Bonchev–Trinajstić information content (AvgIpc) is 3.08. The van der Waals surface area contributed by atoms with Gasteiger partial charge in [0.2, 0.25) is 0 Å². The van der Waals surface area contributed by atoms with E-state index in [1.54, 1.807) is 0 Å². The Morgan fingerprint density at radius 2 is 1.69 bits per heavy atom. The van der Waals surface area contributed by atoms with Gasteiger partial charge in [-0.15, -0.1) is 0 Å². The summed E-state index contributed by atoms with van der Waals surface area (Å²) >= 11 is 0. The second-order valence-corrected chi connectivity index (χ2v) is 12.1. The van der Waals surface area contributed by atoms with Crippen LogP contribution in [0.1, 0.15) is 86.0 Å². The van der Waals surface area contributed by atoms with E-state index in [2.05, 4.69) is 58.9 Å². The SMILES string of the molecule is CC(CO)[C@H](C)/C=C/[C@@H](C)[C@H]1CC[C@H]2[C@@H]3CC[C@H]4CC=CC[C@]4(C)[C@H]3CC[C@]12C. The van der Waals surface area contributed by atoms with Crippen molar-refractivity contribution >= 4 is 0 Å². The molecular formula is C28H46O. The van der Waals surface area contributed by atoms with Gasteiger partial charge in [-0.05, 0) is 110 Å². The van der Waals surface area contributed by atoms with Gasteiger partial charge in [0, 0.05) is 6.61 Å². The van der Waals surface area contributed by atoms with E-state index in [1.165, 1.54) is 51.4 Å². The number of fused-ring (bicyclic) bond motifs is 5. The summed E-state index contributed by atoms with van der Waals surface area (Å²) in [6, 6.07) is 0. The van der Waals surface area contributed by atoms with Crippen LogP contribution in [0.2, 0.25) is 0 Å². The molecule has 0 amide bonds. The predicted octanol–water partition coefficient (Wildman–Crippen LogP) is 7.27. The van der Waals surface area contributed by atoms with Crippen LogP contribution in [0.25, 0.3) is 0 Å². The smallest absolute Gasteiger partial charge is 0.0462 e. The molecule has 164 valence electrons. The topological polar surface area (TPSA) is 20.2 Å². The Kier molecular flexibility index (Phi) is 6.11. The third-order valence-electron chi connectivity index (χ3n) is 10.8.